The largest absolute Gasteiger partial charge is 0.488 e. The second-order valence-electron chi connectivity index (χ2n) is 5.28. The van der Waals surface area contributed by atoms with E-state index in [2.05, 4.69) is 11.5 Å². The molecule has 1 saturated heterocycles. The molecule has 0 saturated carbocycles. The maximum absolute atomic E-state index is 11.1. The van der Waals surface area contributed by atoms with Gasteiger partial charge in [-0.2, -0.15) is 0 Å². The van der Waals surface area contributed by atoms with Crippen LogP contribution in [0.2, 0.25) is 5.02 Å². The topological polar surface area (TPSA) is 49.8 Å². The van der Waals surface area contributed by atoms with E-state index in [1.54, 1.807) is 6.08 Å². The highest BCUT2D eigenvalue weighted by Gasteiger charge is 2.25. The zero-order valence-corrected chi connectivity index (χ0v) is 12.7. The maximum atomic E-state index is 11.1. The Balaban J connectivity index is 1.97. The molecular formula is C16H20ClNO3. The second-order valence-corrected chi connectivity index (χ2v) is 5.68. The SMILES string of the molecule is C=CCOc1ccc(CN2CCCC(C(=O)O)C2)cc1Cl. The number of carboxylic acids is 1. The van der Waals surface area contributed by atoms with Crippen molar-refractivity contribution in [2.75, 3.05) is 19.7 Å². The first-order valence-corrected chi connectivity index (χ1v) is 7.45. The van der Waals surface area contributed by atoms with Gasteiger partial charge in [0, 0.05) is 13.1 Å². The van der Waals surface area contributed by atoms with E-state index in [1.807, 2.05) is 18.2 Å². The Morgan fingerprint density at radius 3 is 3.05 bits per heavy atom. The number of aliphatic carboxylic acids is 1. The number of carboxylic acid groups (broad SMARTS) is 1. The Morgan fingerprint density at radius 1 is 1.57 bits per heavy atom. The van der Waals surface area contributed by atoms with Crippen LogP contribution in [0.25, 0.3) is 0 Å². The first-order chi connectivity index (χ1) is 10.1. The summed E-state index contributed by atoms with van der Waals surface area (Å²) >= 11 is 6.19. The van der Waals surface area contributed by atoms with E-state index in [0.29, 0.717) is 30.5 Å². The summed E-state index contributed by atoms with van der Waals surface area (Å²) in [5.41, 5.74) is 1.07. The van der Waals surface area contributed by atoms with Crippen LogP contribution in [0.15, 0.2) is 30.9 Å². The Bertz CT molecular complexity index is 518. The van der Waals surface area contributed by atoms with Gasteiger partial charge in [-0.15, -0.1) is 0 Å². The molecule has 0 amide bonds. The molecule has 21 heavy (non-hydrogen) atoms. The molecule has 1 N–H and O–H groups in total. The molecule has 0 spiro atoms. The molecule has 114 valence electrons. The van der Waals surface area contributed by atoms with Crippen LogP contribution in [0.4, 0.5) is 0 Å². The highest BCUT2D eigenvalue weighted by atomic mass is 35.5. The number of nitrogens with zero attached hydrogens (tertiary/aromatic N) is 1. The summed E-state index contributed by atoms with van der Waals surface area (Å²) < 4.78 is 5.44. The molecule has 1 fully saturated rings. The van der Waals surface area contributed by atoms with Crippen molar-refractivity contribution in [1.29, 1.82) is 0 Å². The summed E-state index contributed by atoms with van der Waals surface area (Å²) in [5.74, 6) is -0.322. The zero-order valence-electron chi connectivity index (χ0n) is 11.9. The Hall–Kier alpha value is -1.52. The highest BCUT2D eigenvalue weighted by molar-refractivity contribution is 6.32. The lowest BCUT2D eigenvalue weighted by Gasteiger charge is -2.30. The van der Waals surface area contributed by atoms with Crippen molar-refractivity contribution in [3.63, 3.8) is 0 Å². The average molecular weight is 310 g/mol. The smallest absolute Gasteiger partial charge is 0.307 e. The molecule has 0 aromatic heterocycles. The lowest BCUT2D eigenvalue weighted by molar-refractivity contribution is -0.143. The monoisotopic (exact) mass is 309 g/mol. The van der Waals surface area contributed by atoms with Crippen molar-refractivity contribution >= 4 is 17.6 Å². The quantitative estimate of drug-likeness (QED) is 0.820. The predicted octanol–water partition coefficient (Wildman–Crippen LogP) is 3.20. The van der Waals surface area contributed by atoms with Gasteiger partial charge in [0.25, 0.3) is 0 Å². The lowest BCUT2D eigenvalue weighted by Crippen LogP contribution is -2.38. The van der Waals surface area contributed by atoms with Gasteiger partial charge < -0.3 is 9.84 Å². The Labute approximate surface area is 130 Å². The number of hydrogen-bond donors (Lipinski definition) is 1. The summed E-state index contributed by atoms with van der Waals surface area (Å²) in [7, 11) is 0. The molecule has 1 aliphatic rings. The number of ether oxygens (including phenoxy) is 1. The van der Waals surface area contributed by atoms with E-state index < -0.39 is 5.97 Å². The normalized spacial score (nSPS) is 19.2. The van der Waals surface area contributed by atoms with Crippen molar-refractivity contribution in [3.8, 4) is 5.75 Å². The highest BCUT2D eigenvalue weighted by Crippen LogP contribution is 2.27. The van der Waals surface area contributed by atoms with Gasteiger partial charge in [-0.05, 0) is 37.1 Å². The molecule has 0 aliphatic carbocycles. The van der Waals surface area contributed by atoms with Crippen LogP contribution in [0.5, 0.6) is 5.75 Å². The summed E-state index contributed by atoms with van der Waals surface area (Å²) in [5, 5.41) is 9.68. The molecule has 1 aromatic carbocycles. The van der Waals surface area contributed by atoms with Gasteiger partial charge in [0.15, 0.2) is 0 Å². The minimum atomic E-state index is -0.703. The lowest BCUT2D eigenvalue weighted by atomic mass is 9.98. The number of benzene rings is 1. The minimum Gasteiger partial charge on any atom is -0.488 e. The van der Waals surface area contributed by atoms with Gasteiger partial charge in [-0.1, -0.05) is 30.3 Å². The first-order valence-electron chi connectivity index (χ1n) is 7.07. The van der Waals surface area contributed by atoms with Crippen molar-refractivity contribution < 1.29 is 14.6 Å². The summed E-state index contributed by atoms with van der Waals surface area (Å²) in [6, 6.07) is 5.69. The fraction of sp³-hybridized carbons (Fsp3) is 0.438. The molecule has 1 heterocycles. The van der Waals surface area contributed by atoms with E-state index in [0.717, 1.165) is 24.9 Å². The number of carbonyl (C=O) groups is 1. The third-order valence-corrected chi connectivity index (χ3v) is 3.91. The molecular weight excluding hydrogens is 290 g/mol. The number of likely N-dealkylation sites (tertiary alicyclic amines) is 1. The minimum absolute atomic E-state index is 0.260. The molecule has 1 aliphatic heterocycles. The molecule has 2 rings (SSSR count). The zero-order chi connectivity index (χ0) is 15.2. The summed E-state index contributed by atoms with van der Waals surface area (Å²) in [6.45, 7) is 6.26. The fourth-order valence-corrected chi connectivity index (χ4v) is 2.83. The van der Waals surface area contributed by atoms with Crippen LogP contribution in [0.3, 0.4) is 0 Å². The number of hydrogen-bond acceptors (Lipinski definition) is 3. The van der Waals surface area contributed by atoms with Crippen molar-refractivity contribution in [2.24, 2.45) is 5.92 Å². The molecule has 1 atom stereocenters. The third kappa shape index (κ3) is 4.48. The molecule has 5 heteroatoms. The van der Waals surface area contributed by atoms with Crippen LogP contribution in [-0.2, 0) is 11.3 Å². The van der Waals surface area contributed by atoms with Gasteiger partial charge in [-0.3, -0.25) is 9.69 Å². The van der Waals surface area contributed by atoms with Crippen LogP contribution in [-0.4, -0.2) is 35.7 Å². The molecule has 1 unspecified atom stereocenters. The molecule has 1 aromatic rings. The van der Waals surface area contributed by atoms with Gasteiger partial charge in [0.1, 0.15) is 12.4 Å². The summed E-state index contributed by atoms with van der Waals surface area (Å²) in [6.07, 6.45) is 3.36. The molecule has 4 nitrogen and oxygen atoms in total. The number of rotatable bonds is 6. The molecule has 0 bridgehead atoms. The average Bonchev–Trinajstić information content (AvgIpc) is 2.47. The van der Waals surface area contributed by atoms with Gasteiger partial charge in [0.05, 0.1) is 10.9 Å². The maximum Gasteiger partial charge on any atom is 0.307 e. The van der Waals surface area contributed by atoms with E-state index in [9.17, 15) is 4.79 Å². The van der Waals surface area contributed by atoms with Crippen LogP contribution in [0, 0.1) is 5.92 Å². The van der Waals surface area contributed by atoms with E-state index in [4.69, 9.17) is 21.4 Å². The predicted molar refractivity (Wildman–Crippen MR) is 82.8 cm³/mol. The van der Waals surface area contributed by atoms with Gasteiger partial charge in [0.2, 0.25) is 0 Å². The standard InChI is InChI=1S/C16H20ClNO3/c1-2-8-21-15-6-5-12(9-14(15)17)10-18-7-3-4-13(11-18)16(19)20/h2,5-6,9,13H,1,3-4,7-8,10-11H2,(H,19,20). The molecule has 0 radical (unpaired) electrons. The Morgan fingerprint density at radius 2 is 2.38 bits per heavy atom. The third-order valence-electron chi connectivity index (χ3n) is 3.61. The number of halogens is 1. The van der Waals surface area contributed by atoms with E-state index >= 15 is 0 Å². The Kier molecular flexibility index (Phi) is 5.65. The van der Waals surface area contributed by atoms with Crippen molar-refractivity contribution in [1.82, 2.24) is 4.90 Å². The van der Waals surface area contributed by atoms with Crippen LogP contribution < -0.4 is 4.74 Å². The fourth-order valence-electron chi connectivity index (χ4n) is 2.57. The van der Waals surface area contributed by atoms with E-state index in [1.165, 1.54) is 0 Å². The van der Waals surface area contributed by atoms with Crippen LogP contribution in [0.1, 0.15) is 18.4 Å². The number of piperidine rings is 1. The van der Waals surface area contributed by atoms with Gasteiger partial charge in [-0.25, -0.2) is 0 Å². The van der Waals surface area contributed by atoms with Crippen LogP contribution >= 0.6 is 11.6 Å². The van der Waals surface area contributed by atoms with Crippen molar-refractivity contribution in [3.05, 3.63) is 41.4 Å². The van der Waals surface area contributed by atoms with Crippen molar-refractivity contribution in [2.45, 2.75) is 19.4 Å². The second kappa shape index (κ2) is 7.48. The first kappa shape index (κ1) is 15.9. The van der Waals surface area contributed by atoms with E-state index in [-0.39, 0.29) is 5.92 Å². The van der Waals surface area contributed by atoms with Gasteiger partial charge >= 0.3 is 5.97 Å². The summed E-state index contributed by atoms with van der Waals surface area (Å²) in [4.78, 5) is 13.2.